The third-order valence-corrected chi connectivity index (χ3v) is 4.24. The Hall–Kier alpha value is -2.11. The van der Waals surface area contributed by atoms with Gasteiger partial charge in [0.25, 0.3) is 11.8 Å². The Morgan fingerprint density at radius 3 is 2.38 bits per heavy atom. The standard InChI is InChI=1S/C19H21Cl2N3O2/c1-3-9-24(10-4-2)19(26)13-7-8-22-17(11-13)18(25)23-16-6-5-14(20)12-15(16)21/h5-8,11-12H,3-4,9-10H2,1-2H3,(H,23,25). The predicted molar refractivity (Wildman–Crippen MR) is 105 cm³/mol. The minimum absolute atomic E-state index is 0.102. The number of benzene rings is 1. The molecule has 138 valence electrons. The van der Waals surface area contributed by atoms with E-state index in [1.54, 1.807) is 29.2 Å². The molecule has 2 aromatic rings. The number of rotatable bonds is 7. The molecule has 0 unspecified atom stereocenters. The van der Waals surface area contributed by atoms with E-state index in [9.17, 15) is 9.59 Å². The first-order valence-electron chi connectivity index (χ1n) is 8.48. The SMILES string of the molecule is CCCN(CCC)C(=O)c1ccnc(C(=O)Nc2ccc(Cl)cc2Cl)c1. The molecule has 0 fully saturated rings. The molecule has 5 nitrogen and oxygen atoms in total. The van der Waals surface area contributed by atoms with E-state index in [-0.39, 0.29) is 11.6 Å². The van der Waals surface area contributed by atoms with Gasteiger partial charge in [0, 0.05) is 29.9 Å². The summed E-state index contributed by atoms with van der Waals surface area (Å²) in [7, 11) is 0. The Kier molecular flexibility index (Phi) is 7.42. The molecule has 2 amide bonds. The quantitative estimate of drug-likeness (QED) is 0.726. The Balaban J connectivity index is 2.19. The van der Waals surface area contributed by atoms with Crippen molar-refractivity contribution in [1.82, 2.24) is 9.88 Å². The van der Waals surface area contributed by atoms with Crippen LogP contribution in [0.2, 0.25) is 10.0 Å². The van der Waals surface area contributed by atoms with Crippen molar-refractivity contribution in [3.63, 3.8) is 0 Å². The molecule has 1 aromatic heterocycles. The molecule has 0 spiro atoms. The summed E-state index contributed by atoms with van der Waals surface area (Å²) in [6.07, 6.45) is 3.21. The molecular formula is C19H21Cl2N3O2. The van der Waals surface area contributed by atoms with Crippen LogP contribution in [0.1, 0.15) is 47.5 Å². The van der Waals surface area contributed by atoms with Gasteiger partial charge in [0.2, 0.25) is 0 Å². The van der Waals surface area contributed by atoms with Crippen LogP contribution >= 0.6 is 23.2 Å². The molecule has 0 saturated carbocycles. The Bertz CT molecular complexity index is 790. The van der Waals surface area contributed by atoms with E-state index in [1.807, 2.05) is 13.8 Å². The molecular weight excluding hydrogens is 373 g/mol. The van der Waals surface area contributed by atoms with Crippen molar-refractivity contribution in [2.45, 2.75) is 26.7 Å². The van der Waals surface area contributed by atoms with Crippen molar-refractivity contribution in [3.8, 4) is 0 Å². The number of hydrogen-bond acceptors (Lipinski definition) is 3. The number of carbonyl (C=O) groups excluding carboxylic acids is 2. The van der Waals surface area contributed by atoms with Crippen LogP contribution in [0.15, 0.2) is 36.5 Å². The Morgan fingerprint density at radius 1 is 1.08 bits per heavy atom. The van der Waals surface area contributed by atoms with Gasteiger partial charge >= 0.3 is 0 Å². The average molecular weight is 394 g/mol. The molecule has 0 aliphatic carbocycles. The maximum atomic E-state index is 12.7. The molecule has 0 saturated heterocycles. The predicted octanol–water partition coefficient (Wildman–Crippen LogP) is 4.90. The van der Waals surface area contributed by atoms with Gasteiger partial charge in [0.05, 0.1) is 10.7 Å². The molecule has 0 atom stereocenters. The summed E-state index contributed by atoms with van der Waals surface area (Å²) < 4.78 is 0. The maximum Gasteiger partial charge on any atom is 0.274 e. The highest BCUT2D eigenvalue weighted by atomic mass is 35.5. The van der Waals surface area contributed by atoms with Gasteiger partial charge in [-0.05, 0) is 43.2 Å². The fraction of sp³-hybridized carbons (Fsp3) is 0.316. The number of hydrogen-bond donors (Lipinski definition) is 1. The number of nitrogens with zero attached hydrogens (tertiary/aromatic N) is 2. The molecule has 0 aliphatic rings. The van der Waals surface area contributed by atoms with E-state index >= 15 is 0 Å². The zero-order chi connectivity index (χ0) is 19.1. The third-order valence-electron chi connectivity index (χ3n) is 3.69. The first kappa shape index (κ1) is 20.2. The number of anilines is 1. The van der Waals surface area contributed by atoms with E-state index < -0.39 is 5.91 Å². The molecule has 1 heterocycles. The highest BCUT2D eigenvalue weighted by Crippen LogP contribution is 2.25. The first-order chi connectivity index (χ1) is 12.5. The van der Waals surface area contributed by atoms with E-state index in [0.717, 1.165) is 12.8 Å². The monoisotopic (exact) mass is 393 g/mol. The lowest BCUT2D eigenvalue weighted by Crippen LogP contribution is -2.32. The summed E-state index contributed by atoms with van der Waals surface area (Å²) in [5.74, 6) is -0.545. The van der Waals surface area contributed by atoms with E-state index in [1.165, 1.54) is 12.3 Å². The van der Waals surface area contributed by atoms with Gasteiger partial charge in [-0.3, -0.25) is 14.6 Å². The number of aromatic nitrogens is 1. The van der Waals surface area contributed by atoms with Gasteiger partial charge in [-0.25, -0.2) is 0 Å². The molecule has 0 bridgehead atoms. The second-order valence-corrected chi connectivity index (χ2v) is 6.64. The van der Waals surface area contributed by atoms with Crippen LogP contribution in [0.4, 0.5) is 5.69 Å². The van der Waals surface area contributed by atoms with Crippen LogP contribution in [-0.2, 0) is 0 Å². The minimum atomic E-state index is -0.443. The molecule has 26 heavy (non-hydrogen) atoms. The number of amides is 2. The normalized spacial score (nSPS) is 10.5. The fourth-order valence-corrected chi connectivity index (χ4v) is 2.96. The highest BCUT2D eigenvalue weighted by molar-refractivity contribution is 6.36. The smallest absolute Gasteiger partial charge is 0.274 e. The minimum Gasteiger partial charge on any atom is -0.339 e. The second kappa shape index (κ2) is 9.55. The van der Waals surface area contributed by atoms with Crippen molar-refractivity contribution in [1.29, 1.82) is 0 Å². The number of carbonyl (C=O) groups is 2. The lowest BCUT2D eigenvalue weighted by Gasteiger charge is -2.21. The summed E-state index contributed by atoms with van der Waals surface area (Å²) in [5, 5.41) is 3.49. The number of halogens is 2. The van der Waals surface area contributed by atoms with Gasteiger partial charge in [-0.15, -0.1) is 0 Å². The molecule has 2 rings (SSSR count). The molecule has 0 aliphatic heterocycles. The van der Waals surface area contributed by atoms with Crippen molar-refractivity contribution in [3.05, 3.63) is 57.8 Å². The fourth-order valence-electron chi connectivity index (χ4n) is 2.50. The van der Waals surface area contributed by atoms with Crippen LogP contribution in [0.5, 0.6) is 0 Å². The first-order valence-corrected chi connectivity index (χ1v) is 9.23. The third kappa shape index (κ3) is 5.19. The lowest BCUT2D eigenvalue weighted by atomic mass is 10.1. The summed E-state index contributed by atoms with van der Waals surface area (Å²) in [6.45, 7) is 5.41. The van der Waals surface area contributed by atoms with Crippen molar-refractivity contribution < 1.29 is 9.59 Å². The molecule has 1 N–H and O–H groups in total. The zero-order valence-corrected chi connectivity index (χ0v) is 16.3. The van der Waals surface area contributed by atoms with Crippen LogP contribution in [0, 0.1) is 0 Å². The van der Waals surface area contributed by atoms with Crippen molar-refractivity contribution >= 4 is 40.7 Å². The van der Waals surface area contributed by atoms with Gasteiger partial charge in [-0.1, -0.05) is 37.0 Å². The summed E-state index contributed by atoms with van der Waals surface area (Å²) in [6, 6.07) is 7.90. The van der Waals surface area contributed by atoms with Crippen LogP contribution < -0.4 is 5.32 Å². The van der Waals surface area contributed by atoms with E-state index in [0.29, 0.717) is 34.4 Å². The number of nitrogens with one attached hydrogen (secondary N) is 1. The van der Waals surface area contributed by atoms with Crippen molar-refractivity contribution in [2.24, 2.45) is 0 Å². The van der Waals surface area contributed by atoms with Crippen LogP contribution in [-0.4, -0.2) is 34.8 Å². The zero-order valence-electron chi connectivity index (χ0n) is 14.8. The molecule has 0 radical (unpaired) electrons. The Morgan fingerprint density at radius 2 is 1.77 bits per heavy atom. The largest absolute Gasteiger partial charge is 0.339 e. The summed E-state index contributed by atoms with van der Waals surface area (Å²) in [4.78, 5) is 31.0. The van der Waals surface area contributed by atoms with Crippen LogP contribution in [0.25, 0.3) is 0 Å². The lowest BCUT2D eigenvalue weighted by molar-refractivity contribution is 0.0755. The van der Waals surface area contributed by atoms with Gasteiger partial charge in [0.1, 0.15) is 5.69 Å². The number of pyridine rings is 1. The van der Waals surface area contributed by atoms with Crippen LogP contribution in [0.3, 0.4) is 0 Å². The van der Waals surface area contributed by atoms with E-state index in [2.05, 4.69) is 10.3 Å². The van der Waals surface area contributed by atoms with Crippen molar-refractivity contribution in [2.75, 3.05) is 18.4 Å². The van der Waals surface area contributed by atoms with E-state index in [4.69, 9.17) is 23.2 Å². The molecule has 1 aromatic carbocycles. The Labute approximate surface area is 163 Å². The average Bonchev–Trinajstić information content (AvgIpc) is 2.63. The summed E-state index contributed by atoms with van der Waals surface area (Å²) in [5.41, 5.74) is 1.02. The highest BCUT2D eigenvalue weighted by Gasteiger charge is 2.17. The maximum absolute atomic E-state index is 12.7. The summed E-state index contributed by atoms with van der Waals surface area (Å²) >= 11 is 11.9. The topological polar surface area (TPSA) is 62.3 Å². The van der Waals surface area contributed by atoms with Gasteiger partial charge < -0.3 is 10.2 Å². The van der Waals surface area contributed by atoms with Gasteiger partial charge in [-0.2, -0.15) is 0 Å². The molecule has 7 heteroatoms. The second-order valence-electron chi connectivity index (χ2n) is 5.80. The van der Waals surface area contributed by atoms with Gasteiger partial charge in [0.15, 0.2) is 0 Å².